The van der Waals surface area contributed by atoms with E-state index in [1.165, 1.54) is 13.2 Å². The average Bonchev–Trinajstić information content (AvgIpc) is 2.78. The molecule has 0 atom stereocenters. The van der Waals surface area contributed by atoms with Crippen LogP contribution in [0.5, 0.6) is 11.5 Å². The molecule has 1 saturated heterocycles. The zero-order valence-electron chi connectivity index (χ0n) is 18.7. The van der Waals surface area contributed by atoms with Gasteiger partial charge in [0.05, 0.1) is 12.8 Å². The summed E-state index contributed by atoms with van der Waals surface area (Å²) in [6, 6.07) is 7.78. The van der Waals surface area contributed by atoms with Crippen LogP contribution in [0.4, 0.5) is 10.5 Å². The second-order valence-electron chi connectivity index (χ2n) is 7.42. The number of nitrogens with zero attached hydrogens (tertiary/aromatic N) is 1. The summed E-state index contributed by atoms with van der Waals surface area (Å²) in [7, 11) is 1.48. The maximum absolute atomic E-state index is 13.2. The summed E-state index contributed by atoms with van der Waals surface area (Å²) in [6.45, 7) is 7.61. The van der Waals surface area contributed by atoms with E-state index in [4.69, 9.17) is 15.9 Å². The van der Waals surface area contributed by atoms with Crippen molar-refractivity contribution < 1.29 is 23.9 Å². The fraction of sp³-hybridized carbons (Fsp3) is 0.192. The quantitative estimate of drug-likeness (QED) is 0.305. The summed E-state index contributed by atoms with van der Waals surface area (Å²) in [6.07, 6.45) is 8.85. The number of nitrogens with one attached hydrogen (secondary N) is 1. The average molecular weight is 444 g/mol. The lowest BCUT2D eigenvalue weighted by Gasteiger charge is -2.27. The molecule has 1 N–H and O–H groups in total. The first-order chi connectivity index (χ1) is 15.8. The molecule has 3 rings (SSSR count). The van der Waals surface area contributed by atoms with E-state index in [0.29, 0.717) is 29.2 Å². The maximum atomic E-state index is 13.2. The van der Waals surface area contributed by atoms with Crippen molar-refractivity contribution in [3.8, 4) is 23.8 Å². The Hall–Kier alpha value is -4.31. The summed E-state index contributed by atoms with van der Waals surface area (Å²) in [5.41, 5.74) is 3.36. The van der Waals surface area contributed by atoms with E-state index in [9.17, 15) is 14.4 Å². The van der Waals surface area contributed by atoms with E-state index in [0.717, 1.165) is 21.6 Å². The Bertz CT molecular complexity index is 1220. The lowest BCUT2D eigenvalue weighted by atomic mass is 10.0. The van der Waals surface area contributed by atoms with Gasteiger partial charge in [-0.25, -0.2) is 9.69 Å². The highest BCUT2D eigenvalue weighted by molar-refractivity contribution is 6.39. The van der Waals surface area contributed by atoms with Gasteiger partial charge in [0.25, 0.3) is 11.8 Å². The van der Waals surface area contributed by atoms with Crippen LogP contribution in [0, 0.1) is 26.2 Å². The smallest absolute Gasteiger partial charge is 0.335 e. The fourth-order valence-corrected chi connectivity index (χ4v) is 3.43. The topological polar surface area (TPSA) is 84.9 Å². The normalized spacial score (nSPS) is 14.7. The zero-order chi connectivity index (χ0) is 24.1. The first kappa shape index (κ1) is 23.4. The molecule has 1 heterocycles. The van der Waals surface area contributed by atoms with Crippen molar-refractivity contribution in [3.05, 3.63) is 70.8 Å². The summed E-state index contributed by atoms with van der Waals surface area (Å²) in [5, 5.41) is 2.24. The standard InChI is InChI=1S/C26H24N2O5/c1-6-8-19-13-18(15-22(32-5)23(19)33-11-7-2)14-21-24(29)27-26(31)28(25(21)30)20-10-9-16(3)17(4)12-20/h2,6,9-10,12-15H,1,8,11H2,3-5H3,(H,27,29,31)/b21-14+. The highest BCUT2D eigenvalue weighted by Gasteiger charge is 2.37. The number of carbonyl (C=O) groups excluding carboxylic acids is 3. The van der Waals surface area contributed by atoms with E-state index in [2.05, 4.69) is 17.8 Å². The third-order valence-corrected chi connectivity index (χ3v) is 5.20. The lowest BCUT2D eigenvalue weighted by Crippen LogP contribution is -2.54. The highest BCUT2D eigenvalue weighted by atomic mass is 16.5. The van der Waals surface area contributed by atoms with Gasteiger partial charge < -0.3 is 9.47 Å². The summed E-state index contributed by atoms with van der Waals surface area (Å²) >= 11 is 0. The number of barbiturate groups is 1. The minimum absolute atomic E-state index is 0.0505. The Labute approximate surface area is 192 Å². The maximum Gasteiger partial charge on any atom is 0.335 e. The Morgan fingerprint density at radius 1 is 1.15 bits per heavy atom. The van der Waals surface area contributed by atoms with Crippen molar-refractivity contribution in [1.82, 2.24) is 5.32 Å². The van der Waals surface area contributed by atoms with Crippen LogP contribution < -0.4 is 19.7 Å². The number of rotatable bonds is 7. The molecule has 1 aliphatic rings. The lowest BCUT2D eigenvalue weighted by molar-refractivity contribution is -0.122. The van der Waals surface area contributed by atoms with Crippen LogP contribution >= 0.6 is 0 Å². The number of anilines is 1. The predicted octanol–water partition coefficient (Wildman–Crippen LogP) is 3.72. The summed E-state index contributed by atoms with van der Waals surface area (Å²) in [4.78, 5) is 39.2. The number of benzene rings is 2. The molecule has 33 heavy (non-hydrogen) atoms. The molecule has 2 aromatic rings. The molecule has 0 aromatic heterocycles. The van der Waals surface area contributed by atoms with Gasteiger partial charge in [0.2, 0.25) is 0 Å². The van der Waals surface area contributed by atoms with Gasteiger partial charge in [-0.05, 0) is 67.3 Å². The van der Waals surface area contributed by atoms with Crippen molar-refractivity contribution in [2.75, 3.05) is 18.6 Å². The number of carbonyl (C=O) groups is 3. The number of methoxy groups -OCH3 is 1. The molecule has 0 spiro atoms. The van der Waals surface area contributed by atoms with E-state index in [1.54, 1.807) is 30.3 Å². The first-order valence-electron chi connectivity index (χ1n) is 10.2. The molecule has 1 aliphatic heterocycles. The second-order valence-corrected chi connectivity index (χ2v) is 7.42. The number of hydrogen-bond acceptors (Lipinski definition) is 5. The monoisotopic (exact) mass is 444 g/mol. The third-order valence-electron chi connectivity index (χ3n) is 5.20. The molecular formula is C26H24N2O5. The number of ether oxygens (including phenoxy) is 2. The Morgan fingerprint density at radius 3 is 2.55 bits per heavy atom. The van der Waals surface area contributed by atoms with E-state index >= 15 is 0 Å². The third kappa shape index (κ3) is 4.80. The minimum Gasteiger partial charge on any atom is -0.493 e. The van der Waals surface area contributed by atoms with Crippen LogP contribution in [0.2, 0.25) is 0 Å². The van der Waals surface area contributed by atoms with Crippen LogP contribution in [0.1, 0.15) is 22.3 Å². The minimum atomic E-state index is -0.798. The number of urea groups is 1. The van der Waals surface area contributed by atoms with Gasteiger partial charge in [-0.2, -0.15) is 0 Å². The Balaban J connectivity index is 2.07. The van der Waals surface area contributed by atoms with Crippen molar-refractivity contribution in [2.45, 2.75) is 20.3 Å². The molecule has 0 radical (unpaired) electrons. The number of aryl methyl sites for hydroxylation is 2. The molecule has 1 fully saturated rings. The molecule has 4 amide bonds. The molecule has 0 bridgehead atoms. The van der Waals surface area contributed by atoms with Gasteiger partial charge in [-0.15, -0.1) is 13.0 Å². The van der Waals surface area contributed by atoms with E-state index in [1.807, 2.05) is 19.9 Å². The summed E-state index contributed by atoms with van der Waals surface area (Å²) < 4.78 is 11.1. The van der Waals surface area contributed by atoms with Crippen LogP contribution in [0.15, 0.2) is 48.6 Å². The van der Waals surface area contributed by atoms with Crippen LogP contribution in [0.3, 0.4) is 0 Å². The Kier molecular flexibility index (Phi) is 6.99. The van der Waals surface area contributed by atoms with Gasteiger partial charge in [0.15, 0.2) is 11.5 Å². The summed E-state index contributed by atoms with van der Waals surface area (Å²) in [5.74, 6) is 1.77. The molecule has 7 heteroatoms. The fourth-order valence-electron chi connectivity index (χ4n) is 3.43. The number of hydrogen-bond donors (Lipinski definition) is 1. The number of allylic oxidation sites excluding steroid dienone is 1. The Morgan fingerprint density at radius 2 is 1.91 bits per heavy atom. The molecule has 0 saturated carbocycles. The van der Waals surface area contributed by atoms with Crippen molar-refractivity contribution >= 4 is 29.6 Å². The van der Waals surface area contributed by atoms with E-state index < -0.39 is 17.8 Å². The number of amides is 4. The van der Waals surface area contributed by atoms with Crippen molar-refractivity contribution in [1.29, 1.82) is 0 Å². The van der Waals surface area contributed by atoms with Crippen molar-refractivity contribution in [2.24, 2.45) is 0 Å². The molecular weight excluding hydrogens is 420 g/mol. The molecule has 0 unspecified atom stereocenters. The van der Waals surface area contributed by atoms with Gasteiger partial charge in [0, 0.05) is 5.56 Å². The second kappa shape index (κ2) is 9.88. The van der Waals surface area contributed by atoms with Gasteiger partial charge in [0.1, 0.15) is 12.2 Å². The molecule has 168 valence electrons. The van der Waals surface area contributed by atoms with Gasteiger partial charge >= 0.3 is 6.03 Å². The van der Waals surface area contributed by atoms with Gasteiger partial charge in [-0.1, -0.05) is 18.1 Å². The van der Waals surface area contributed by atoms with Crippen LogP contribution in [-0.2, 0) is 16.0 Å². The van der Waals surface area contributed by atoms with Crippen molar-refractivity contribution in [3.63, 3.8) is 0 Å². The van der Waals surface area contributed by atoms with Crippen LogP contribution in [0.25, 0.3) is 6.08 Å². The number of imide groups is 2. The SMILES string of the molecule is C#CCOc1c(CC=C)cc(/C=C2\C(=O)NC(=O)N(c3ccc(C)c(C)c3)C2=O)cc1OC. The molecule has 2 aromatic carbocycles. The zero-order valence-corrected chi connectivity index (χ0v) is 18.7. The van der Waals surface area contributed by atoms with Crippen LogP contribution in [-0.4, -0.2) is 31.6 Å². The predicted molar refractivity (Wildman–Crippen MR) is 126 cm³/mol. The molecule has 7 nitrogen and oxygen atoms in total. The largest absolute Gasteiger partial charge is 0.493 e. The van der Waals surface area contributed by atoms with E-state index in [-0.39, 0.29) is 12.2 Å². The first-order valence-corrected chi connectivity index (χ1v) is 10.2. The number of terminal acetylenes is 1. The molecule has 0 aliphatic carbocycles. The van der Waals surface area contributed by atoms with Gasteiger partial charge in [-0.3, -0.25) is 14.9 Å². The highest BCUT2D eigenvalue weighted by Crippen LogP contribution is 2.35.